The highest BCUT2D eigenvalue weighted by Gasteiger charge is 2.26. The average molecular weight is 627 g/mol. The van der Waals surface area contributed by atoms with Crippen molar-refractivity contribution in [3.63, 3.8) is 0 Å². The number of anilines is 1. The molecule has 0 N–H and O–H groups in total. The highest BCUT2D eigenvalue weighted by molar-refractivity contribution is 7.89. The smallest absolute Gasteiger partial charge is 0.260 e. The Labute approximate surface area is 252 Å². The summed E-state index contributed by atoms with van der Waals surface area (Å²) < 4.78 is 48.2. The minimum absolute atomic E-state index is 0. The number of halogens is 2. The van der Waals surface area contributed by atoms with Crippen molar-refractivity contribution in [1.29, 1.82) is 0 Å². The van der Waals surface area contributed by atoms with E-state index < -0.39 is 10.0 Å². The zero-order valence-electron chi connectivity index (χ0n) is 23.8. The molecule has 12 heteroatoms. The Morgan fingerprint density at radius 2 is 1.66 bits per heavy atom. The van der Waals surface area contributed by atoms with Gasteiger partial charge in [0.05, 0.1) is 28.3 Å². The Morgan fingerprint density at radius 3 is 2.29 bits per heavy atom. The van der Waals surface area contributed by atoms with Crippen LogP contribution < -0.4 is 4.90 Å². The maximum absolute atomic E-state index is 13.8. The first kappa shape index (κ1) is 33.4. The molecule has 1 saturated heterocycles. The maximum Gasteiger partial charge on any atom is 0.260 e. The fourth-order valence-corrected chi connectivity index (χ4v) is 7.19. The maximum atomic E-state index is 13.8. The minimum atomic E-state index is -3.66. The first-order chi connectivity index (χ1) is 19.3. The summed E-state index contributed by atoms with van der Waals surface area (Å²) in [6.07, 6.45) is 4.14. The van der Waals surface area contributed by atoms with E-state index in [0.717, 1.165) is 51.7 Å². The average Bonchev–Trinajstić information content (AvgIpc) is 3.38. The van der Waals surface area contributed by atoms with Gasteiger partial charge in [0.2, 0.25) is 10.0 Å². The van der Waals surface area contributed by atoms with E-state index in [1.807, 2.05) is 13.8 Å². The van der Waals surface area contributed by atoms with Crippen LogP contribution in [-0.2, 0) is 14.8 Å². The monoisotopic (exact) mass is 626 g/mol. The number of hydrogen-bond acceptors (Lipinski definition) is 7. The van der Waals surface area contributed by atoms with Gasteiger partial charge in [0.1, 0.15) is 5.82 Å². The minimum Gasteiger partial charge on any atom is -0.379 e. The van der Waals surface area contributed by atoms with Crippen LogP contribution in [0.25, 0.3) is 10.2 Å². The number of thiazole rings is 1. The van der Waals surface area contributed by atoms with Gasteiger partial charge in [-0.2, -0.15) is 4.31 Å². The summed E-state index contributed by atoms with van der Waals surface area (Å²) in [5, 5.41) is 0.495. The zero-order valence-corrected chi connectivity index (χ0v) is 26.2. The predicted octanol–water partition coefficient (Wildman–Crippen LogP) is 5.82. The van der Waals surface area contributed by atoms with Crippen LogP contribution >= 0.6 is 23.7 Å². The summed E-state index contributed by atoms with van der Waals surface area (Å²) in [4.78, 5) is 22.5. The lowest BCUT2D eigenvalue weighted by atomic mass is 10.2. The number of aromatic nitrogens is 1. The number of sulfonamides is 1. The molecule has 2 aromatic carbocycles. The Bertz CT molecular complexity index is 1360. The number of unbranched alkanes of at least 4 members (excludes halogenated alkanes) is 2. The van der Waals surface area contributed by atoms with E-state index in [2.05, 4.69) is 9.88 Å². The molecule has 0 saturated carbocycles. The van der Waals surface area contributed by atoms with Gasteiger partial charge in [0, 0.05) is 44.8 Å². The van der Waals surface area contributed by atoms with Gasteiger partial charge < -0.3 is 4.74 Å². The van der Waals surface area contributed by atoms with Gasteiger partial charge in [0.15, 0.2) is 5.13 Å². The number of hydrogen-bond donors (Lipinski definition) is 0. The van der Waals surface area contributed by atoms with Crippen LogP contribution in [0.15, 0.2) is 47.4 Å². The molecular weight excluding hydrogens is 587 g/mol. The number of ether oxygens (including phenoxy) is 1. The SMILES string of the molecule is CCCCN(CCCC)S(=O)(=O)c1ccc(C(=O)N(CCCN2CCOCC2)c2nc3ccc(F)cc3s2)cc1.Cl. The molecule has 1 aromatic heterocycles. The number of carbonyl (C=O) groups is 1. The molecule has 1 aliphatic heterocycles. The van der Waals surface area contributed by atoms with E-state index in [1.165, 1.54) is 35.6 Å². The van der Waals surface area contributed by atoms with Gasteiger partial charge in [-0.1, -0.05) is 38.0 Å². The second kappa shape index (κ2) is 15.9. The van der Waals surface area contributed by atoms with Crippen molar-refractivity contribution < 1.29 is 22.3 Å². The quantitative estimate of drug-likeness (QED) is 0.224. The molecule has 1 amide bonds. The highest BCUT2D eigenvalue weighted by Crippen LogP contribution is 2.31. The number of amides is 1. The summed E-state index contributed by atoms with van der Waals surface area (Å²) >= 11 is 1.27. The molecule has 8 nitrogen and oxygen atoms in total. The van der Waals surface area contributed by atoms with Crippen LogP contribution in [-0.4, -0.2) is 81.0 Å². The fraction of sp³-hybridized carbons (Fsp3) is 0.517. The van der Waals surface area contributed by atoms with E-state index in [1.54, 1.807) is 27.4 Å². The van der Waals surface area contributed by atoms with Crippen LogP contribution in [0.4, 0.5) is 9.52 Å². The third kappa shape index (κ3) is 8.68. The van der Waals surface area contributed by atoms with Gasteiger partial charge in [-0.3, -0.25) is 14.6 Å². The zero-order chi connectivity index (χ0) is 28.5. The number of carbonyl (C=O) groups excluding carboxylic acids is 1. The summed E-state index contributed by atoms with van der Waals surface area (Å²) in [6.45, 7) is 9.42. The summed E-state index contributed by atoms with van der Waals surface area (Å²) in [5.74, 6) is -0.615. The first-order valence-electron chi connectivity index (χ1n) is 14.1. The van der Waals surface area contributed by atoms with Crippen molar-refractivity contribution >= 4 is 55.0 Å². The number of nitrogens with zero attached hydrogens (tertiary/aromatic N) is 4. The molecule has 0 spiro atoms. The summed E-state index contributed by atoms with van der Waals surface area (Å²) in [7, 11) is -3.66. The van der Waals surface area contributed by atoms with Crippen molar-refractivity contribution in [3.8, 4) is 0 Å². The van der Waals surface area contributed by atoms with Crippen LogP contribution in [0.5, 0.6) is 0 Å². The molecule has 4 rings (SSSR count). The molecule has 0 unspecified atom stereocenters. The van der Waals surface area contributed by atoms with Crippen LogP contribution in [0.3, 0.4) is 0 Å². The number of benzene rings is 2. The van der Waals surface area contributed by atoms with Crippen molar-refractivity contribution in [2.45, 2.75) is 50.8 Å². The molecule has 226 valence electrons. The third-order valence-corrected chi connectivity index (χ3v) is 9.99. The summed E-state index contributed by atoms with van der Waals surface area (Å²) in [5.41, 5.74) is 1.01. The van der Waals surface area contributed by atoms with Crippen molar-refractivity contribution in [1.82, 2.24) is 14.2 Å². The Hall–Kier alpha value is -2.15. The third-order valence-electron chi connectivity index (χ3n) is 7.04. The second-order valence-electron chi connectivity index (χ2n) is 10.0. The predicted molar refractivity (Wildman–Crippen MR) is 165 cm³/mol. The molecular formula is C29H40ClFN4O4S2. The second-order valence-corrected chi connectivity index (χ2v) is 13.0. The van der Waals surface area contributed by atoms with Gasteiger partial charge in [-0.15, -0.1) is 12.4 Å². The van der Waals surface area contributed by atoms with Crippen LogP contribution in [0.2, 0.25) is 0 Å². The molecule has 0 radical (unpaired) electrons. The van der Waals surface area contributed by atoms with E-state index in [0.29, 0.717) is 53.8 Å². The number of rotatable bonds is 14. The largest absolute Gasteiger partial charge is 0.379 e. The van der Waals surface area contributed by atoms with E-state index in [-0.39, 0.29) is 29.0 Å². The van der Waals surface area contributed by atoms with E-state index in [4.69, 9.17) is 4.74 Å². The topological polar surface area (TPSA) is 83.1 Å². The lowest BCUT2D eigenvalue weighted by Crippen LogP contribution is -2.39. The normalized spacial score (nSPS) is 14.3. The molecule has 1 fully saturated rings. The lowest BCUT2D eigenvalue weighted by molar-refractivity contribution is 0.0376. The number of morpholine rings is 1. The molecule has 3 aromatic rings. The van der Waals surface area contributed by atoms with Gasteiger partial charge in [-0.25, -0.2) is 17.8 Å². The highest BCUT2D eigenvalue weighted by atomic mass is 35.5. The van der Waals surface area contributed by atoms with Gasteiger partial charge >= 0.3 is 0 Å². The van der Waals surface area contributed by atoms with Crippen molar-refractivity contribution in [2.75, 3.05) is 57.4 Å². The molecule has 0 atom stereocenters. The fourth-order valence-electron chi connectivity index (χ4n) is 4.66. The van der Waals surface area contributed by atoms with Gasteiger partial charge in [-0.05, 0) is 61.7 Å². The Balaban J connectivity index is 0.00000462. The van der Waals surface area contributed by atoms with Crippen LogP contribution in [0.1, 0.15) is 56.3 Å². The molecule has 0 bridgehead atoms. The lowest BCUT2D eigenvalue weighted by Gasteiger charge is -2.27. The van der Waals surface area contributed by atoms with Crippen molar-refractivity contribution in [2.24, 2.45) is 0 Å². The van der Waals surface area contributed by atoms with Gasteiger partial charge in [0.25, 0.3) is 5.91 Å². The standard InChI is InChI=1S/C29H39FN4O4S2.ClH/c1-3-5-15-33(16-6-4-2)40(36,37)25-11-8-23(9-12-25)28(35)34(17-7-14-32-18-20-38-21-19-32)29-31-26-13-10-24(30)22-27(26)39-29;/h8-13,22H,3-7,14-21H2,1-2H3;1H. The molecule has 0 aliphatic carbocycles. The molecule has 41 heavy (non-hydrogen) atoms. The van der Waals surface area contributed by atoms with E-state index in [9.17, 15) is 17.6 Å². The Morgan fingerprint density at radius 1 is 1.00 bits per heavy atom. The first-order valence-corrected chi connectivity index (χ1v) is 16.4. The summed E-state index contributed by atoms with van der Waals surface area (Å²) in [6, 6.07) is 10.6. The Kier molecular flexibility index (Phi) is 12.9. The van der Waals surface area contributed by atoms with Crippen molar-refractivity contribution in [3.05, 3.63) is 53.8 Å². The molecule has 1 aliphatic rings. The van der Waals surface area contributed by atoms with E-state index >= 15 is 0 Å². The van der Waals surface area contributed by atoms with Crippen LogP contribution in [0, 0.1) is 5.82 Å². The molecule has 2 heterocycles. The number of fused-ring (bicyclic) bond motifs is 1.